The van der Waals surface area contributed by atoms with Gasteiger partial charge in [-0.2, -0.15) is 0 Å². The molecular formula is CH6NOPSU. The molecule has 36 valence electrons. The molecule has 0 aromatic carbocycles. The molecule has 0 atom stereocenters. The third kappa shape index (κ3) is 65.5. The van der Waals surface area contributed by atoms with Crippen LogP contribution in [-0.4, -0.2) is 0 Å². The fourth-order valence-corrected chi connectivity index (χ4v) is 0. The molecule has 0 saturated heterocycles. The molecule has 0 saturated carbocycles. The van der Waals surface area contributed by atoms with Crippen LogP contribution in [-0.2, 0) is 4.57 Å². The average molecular weight is 350 g/mol. The van der Waals surface area contributed by atoms with Gasteiger partial charge >= 0.3 is 37.3 Å². The van der Waals surface area contributed by atoms with E-state index in [1.165, 1.54) is 0 Å². The van der Waals surface area contributed by atoms with Crippen molar-refractivity contribution in [2.75, 3.05) is 0 Å². The summed E-state index contributed by atoms with van der Waals surface area (Å²) in [6.45, 7) is 0. The molecule has 0 aliphatic rings. The van der Waals surface area contributed by atoms with Gasteiger partial charge in [-0.15, -0.1) is 0 Å². The molecule has 0 amide bonds. The van der Waals surface area contributed by atoms with Gasteiger partial charge in [0.05, 0.1) is 0 Å². The summed E-state index contributed by atoms with van der Waals surface area (Å²) in [6, 6.07) is 0. The second kappa shape index (κ2) is 35.0. The van der Waals surface area contributed by atoms with Crippen LogP contribution in [0.25, 0.3) is 0 Å². The molecule has 0 rings (SSSR count). The third-order valence-corrected chi connectivity index (χ3v) is 0. The summed E-state index contributed by atoms with van der Waals surface area (Å²) in [5.74, 6) is 0. The molecular weight excluding hydrogens is 343 g/mol. The van der Waals surface area contributed by atoms with Gasteiger partial charge < -0.3 is 0 Å². The molecule has 0 aromatic rings. The maximum atomic E-state index is 8.06. The monoisotopic (exact) mass is 350 g/mol. The first kappa shape index (κ1) is 10.2. The molecule has 5 heteroatoms. The zero-order chi connectivity index (χ0) is 5.41. The second-order valence-corrected chi connectivity index (χ2v) is 2.55. The molecule has 1 N–H and O–H groups in total. The van der Waals surface area contributed by atoms with Crippen molar-refractivity contribution < 1.29 is 31.3 Å². The fourth-order valence-electron chi connectivity index (χ4n) is 0. The Bertz CT molecular complexity index is 66.7. The summed E-state index contributed by atoms with van der Waals surface area (Å²) in [7, 11) is 6.13. The van der Waals surface area contributed by atoms with Crippen LogP contribution in [0.2, 0.25) is 1.41 Å². The Kier molecular flexibility index (Phi) is 59.6. The second-order valence-electron chi connectivity index (χ2n) is 0.0913. The molecule has 0 fully saturated rings. The number of rotatable bonds is 0. The van der Waals surface area contributed by atoms with Crippen molar-refractivity contribution in [2.45, 2.75) is 7.43 Å². The summed E-state index contributed by atoms with van der Waals surface area (Å²) in [5, 5.41) is 0. The molecule has 0 heterocycles. The summed E-state index contributed by atoms with van der Waals surface area (Å²) in [4.78, 5) is 0. The Morgan fingerprint density at radius 3 is 2.17 bits per heavy atom. The van der Waals surface area contributed by atoms with Gasteiger partial charge in [-0.3, -0.25) is 4.57 Å². The first-order valence-corrected chi connectivity index (χ1v) is 8.41. The van der Waals surface area contributed by atoms with Gasteiger partial charge in [0.15, 0.2) is 0 Å². The quantitative estimate of drug-likeness (QED) is 0.680. The number of nitrogens with one attached hydrogen (secondary N) is 1. The Balaban J connectivity index is -0.0000000480. The van der Waals surface area contributed by atoms with Crippen molar-refractivity contribution in [3.05, 3.63) is 0 Å². The van der Waals surface area contributed by atoms with Gasteiger partial charge in [0.1, 0.15) is 9.12 Å². The molecule has 0 aromatic heterocycles. The molecule has 0 aliphatic carbocycles. The molecule has 2 nitrogen and oxygen atoms in total. The van der Waals surface area contributed by atoms with Gasteiger partial charge in [0.2, 0.25) is 0 Å². The zero-order valence-corrected chi connectivity index (χ0v) is 8.24. The van der Waals surface area contributed by atoms with E-state index in [1.54, 1.807) is 9.12 Å². The summed E-state index contributed by atoms with van der Waals surface area (Å²) in [5.41, 5.74) is 0. The van der Waals surface area contributed by atoms with Crippen molar-refractivity contribution in [1.82, 2.24) is 0 Å². The Hall–Kier alpha value is 1.17. The van der Waals surface area contributed by atoms with E-state index in [2.05, 4.69) is 10.6 Å². The SMILES string of the molecule is C.O=P.[2H][N]=[U]=[S]. The Morgan fingerprint density at radius 1 is 2.00 bits per heavy atom. The summed E-state index contributed by atoms with van der Waals surface area (Å²) in [6.07, 6.45) is 0. The van der Waals surface area contributed by atoms with Crippen molar-refractivity contribution >= 4 is 17.0 Å². The Labute approximate surface area is 58.1 Å². The van der Waals surface area contributed by atoms with Crippen molar-refractivity contribution in [3.8, 4) is 0 Å². The van der Waals surface area contributed by atoms with E-state index in [4.69, 9.17) is 5.98 Å². The summed E-state index contributed by atoms with van der Waals surface area (Å²) < 4.78 is 17.1. The van der Waals surface area contributed by atoms with Gasteiger partial charge in [-0.05, 0) is 0 Å². The minimum absolute atomic E-state index is 0. The van der Waals surface area contributed by atoms with Crippen LogP contribution in [0.5, 0.6) is 0 Å². The van der Waals surface area contributed by atoms with E-state index >= 15 is 0 Å². The van der Waals surface area contributed by atoms with Gasteiger partial charge in [-0.25, -0.2) is 0 Å². The van der Waals surface area contributed by atoms with Crippen LogP contribution in [0, 0.1) is 28.0 Å². The van der Waals surface area contributed by atoms with Crippen LogP contribution in [0.4, 0.5) is 0 Å². The first-order chi connectivity index (χ1) is 2.91. The van der Waals surface area contributed by atoms with Gasteiger partial charge in [0.25, 0.3) is 0 Å². The van der Waals surface area contributed by atoms with Crippen LogP contribution < -0.4 is 0 Å². The van der Waals surface area contributed by atoms with Crippen LogP contribution in [0.15, 0.2) is 0 Å². The molecule has 0 aliphatic heterocycles. The molecule has 0 radical (unpaired) electrons. The zero-order valence-electron chi connectivity index (χ0n) is 3.26. The van der Waals surface area contributed by atoms with Crippen LogP contribution in [0.1, 0.15) is 7.43 Å². The molecule has 0 bridgehead atoms. The third-order valence-electron chi connectivity index (χ3n) is 0. The standard InChI is InChI=1S/CH4.HN.HOP.S.U/c;;1-2;;/h1H4;1H;2H;;/i;1D;;;. The molecule has 6 heavy (non-hydrogen) atoms. The average Bonchev–Trinajstić information content (AvgIpc) is 1.72. The maximum absolute atomic E-state index is 8.06. The van der Waals surface area contributed by atoms with Crippen LogP contribution >= 0.6 is 17.0 Å². The van der Waals surface area contributed by atoms with Crippen molar-refractivity contribution in [1.29, 1.82) is 2.67 Å². The summed E-state index contributed by atoms with van der Waals surface area (Å²) >= 11 is -1.15. The van der Waals surface area contributed by atoms with Crippen molar-refractivity contribution in [2.24, 2.45) is 0 Å². The first-order valence-electron chi connectivity index (χ1n) is 1.08. The van der Waals surface area contributed by atoms with Crippen LogP contribution in [0.3, 0.4) is 0 Å². The molecule has 0 unspecified atom stereocenters. The van der Waals surface area contributed by atoms with Gasteiger partial charge in [0, 0.05) is 0 Å². The van der Waals surface area contributed by atoms with E-state index in [9.17, 15) is 0 Å². The Morgan fingerprint density at radius 2 is 2.17 bits per heavy atom. The van der Waals surface area contributed by atoms with E-state index in [0.29, 0.717) is 0 Å². The number of hydrogen-bond donors (Lipinski definition) is 1. The normalized spacial score (nSPS) is 3.67. The van der Waals surface area contributed by atoms with E-state index < -0.39 is 25.4 Å². The van der Waals surface area contributed by atoms with Crippen molar-refractivity contribution in [3.63, 3.8) is 0 Å². The van der Waals surface area contributed by atoms with Gasteiger partial charge in [-0.1, -0.05) is 7.43 Å². The number of hydrogen-bond acceptors (Lipinski definition) is 3. The van der Waals surface area contributed by atoms with E-state index in [-0.39, 0.29) is 7.43 Å². The molecule has 0 spiro atoms. The van der Waals surface area contributed by atoms with E-state index in [0.717, 1.165) is 0 Å². The fraction of sp³-hybridized carbons (Fsp3) is 1.00. The van der Waals surface area contributed by atoms with E-state index in [1.807, 2.05) is 0 Å². The predicted octanol–water partition coefficient (Wildman–Crippen LogP) is 2.06. The predicted molar refractivity (Wildman–Crippen MR) is 26.0 cm³/mol. The topological polar surface area (TPSA) is 40.9 Å². The minimum atomic E-state index is -1.15.